The Kier molecular flexibility index (Phi) is 6.16. The number of halogens is 4. The Labute approximate surface area is 123 Å². The van der Waals surface area contributed by atoms with Crippen molar-refractivity contribution in [2.24, 2.45) is 0 Å². The fourth-order valence-corrected chi connectivity index (χ4v) is 1.57. The Morgan fingerprint density at radius 2 is 2.19 bits per heavy atom. The number of nitrogens with zero attached hydrogens (tertiary/aromatic N) is 2. The highest BCUT2D eigenvalue weighted by molar-refractivity contribution is 6.31. The second kappa shape index (κ2) is 7.41. The minimum atomic E-state index is -5.08. The molecule has 1 fully saturated rings. The number of rotatable bonds is 2. The van der Waals surface area contributed by atoms with E-state index < -0.39 is 12.1 Å². The number of nitrogens with one attached hydrogen (secondary N) is 2. The number of carboxylic acid groups (broad SMARTS) is 1. The molecule has 1 aliphatic rings. The number of carboxylic acids is 1. The van der Waals surface area contributed by atoms with Crippen molar-refractivity contribution in [1.29, 1.82) is 0 Å². The zero-order valence-corrected chi connectivity index (χ0v) is 11.8. The SMILES string of the molecule is Cc1nc(NC2CCNC2)ncc1Cl.O=C(O)C(F)(F)F. The van der Waals surface area contributed by atoms with Gasteiger partial charge >= 0.3 is 12.1 Å². The van der Waals surface area contributed by atoms with E-state index in [1.807, 2.05) is 6.92 Å². The average Bonchev–Trinajstić information content (AvgIpc) is 2.86. The molecule has 1 unspecified atom stereocenters. The van der Waals surface area contributed by atoms with E-state index in [1.165, 1.54) is 0 Å². The van der Waals surface area contributed by atoms with Gasteiger partial charge in [0.2, 0.25) is 5.95 Å². The summed E-state index contributed by atoms with van der Waals surface area (Å²) in [5.74, 6) is -2.09. The van der Waals surface area contributed by atoms with E-state index in [2.05, 4.69) is 20.6 Å². The van der Waals surface area contributed by atoms with Crippen LogP contribution in [0.2, 0.25) is 5.02 Å². The molecule has 2 rings (SSSR count). The summed E-state index contributed by atoms with van der Waals surface area (Å²) in [5.41, 5.74) is 0.815. The summed E-state index contributed by atoms with van der Waals surface area (Å²) in [7, 11) is 0. The van der Waals surface area contributed by atoms with Gasteiger partial charge in [-0.2, -0.15) is 13.2 Å². The summed E-state index contributed by atoms with van der Waals surface area (Å²) in [5, 5.41) is 14.3. The predicted molar refractivity (Wildman–Crippen MR) is 70.4 cm³/mol. The first-order valence-corrected chi connectivity index (χ1v) is 6.34. The molecule has 0 radical (unpaired) electrons. The first-order valence-electron chi connectivity index (χ1n) is 5.96. The van der Waals surface area contributed by atoms with Crippen LogP contribution in [0.3, 0.4) is 0 Å². The Hall–Kier alpha value is -1.61. The van der Waals surface area contributed by atoms with Crippen LogP contribution in [-0.4, -0.2) is 46.4 Å². The van der Waals surface area contributed by atoms with Crippen molar-refractivity contribution in [3.63, 3.8) is 0 Å². The van der Waals surface area contributed by atoms with Crippen molar-refractivity contribution < 1.29 is 23.1 Å². The molecule has 6 nitrogen and oxygen atoms in total. The van der Waals surface area contributed by atoms with Crippen LogP contribution in [0.1, 0.15) is 12.1 Å². The van der Waals surface area contributed by atoms with Crippen molar-refractivity contribution in [1.82, 2.24) is 15.3 Å². The van der Waals surface area contributed by atoms with Gasteiger partial charge in [-0.1, -0.05) is 11.6 Å². The summed E-state index contributed by atoms with van der Waals surface area (Å²) in [6.45, 7) is 3.91. The van der Waals surface area contributed by atoms with Gasteiger partial charge < -0.3 is 15.7 Å². The molecule has 0 spiro atoms. The lowest BCUT2D eigenvalue weighted by Gasteiger charge is -2.11. The molecular weight excluding hydrogens is 313 g/mol. The third-order valence-corrected chi connectivity index (χ3v) is 2.93. The average molecular weight is 327 g/mol. The highest BCUT2D eigenvalue weighted by Gasteiger charge is 2.38. The summed E-state index contributed by atoms with van der Waals surface area (Å²) in [6, 6.07) is 0.440. The Balaban J connectivity index is 0.000000270. The molecule has 1 atom stereocenters. The lowest BCUT2D eigenvalue weighted by Crippen LogP contribution is -2.23. The van der Waals surface area contributed by atoms with Crippen LogP contribution in [0.25, 0.3) is 0 Å². The van der Waals surface area contributed by atoms with Crippen molar-refractivity contribution in [3.8, 4) is 0 Å². The van der Waals surface area contributed by atoms with Gasteiger partial charge in [-0.25, -0.2) is 14.8 Å². The van der Waals surface area contributed by atoms with Crippen LogP contribution in [0.4, 0.5) is 19.1 Å². The molecule has 3 N–H and O–H groups in total. The van der Waals surface area contributed by atoms with Gasteiger partial charge in [-0.05, 0) is 19.9 Å². The number of hydrogen-bond acceptors (Lipinski definition) is 5. The number of aromatic nitrogens is 2. The molecule has 0 aliphatic carbocycles. The number of anilines is 1. The van der Waals surface area contributed by atoms with Crippen LogP contribution < -0.4 is 10.6 Å². The molecular formula is C11H14ClF3N4O2. The number of alkyl halides is 3. The highest BCUT2D eigenvalue weighted by atomic mass is 35.5. The second-order valence-electron chi connectivity index (χ2n) is 4.26. The maximum atomic E-state index is 10.6. The normalized spacial score (nSPS) is 17.9. The van der Waals surface area contributed by atoms with Crippen LogP contribution in [0, 0.1) is 6.92 Å². The number of carbonyl (C=O) groups is 1. The summed E-state index contributed by atoms with van der Waals surface area (Å²) in [6.07, 6.45) is -2.33. The second-order valence-corrected chi connectivity index (χ2v) is 4.67. The van der Waals surface area contributed by atoms with E-state index in [0.29, 0.717) is 17.0 Å². The van der Waals surface area contributed by atoms with Crippen LogP contribution in [-0.2, 0) is 4.79 Å². The summed E-state index contributed by atoms with van der Waals surface area (Å²) < 4.78 is 31.7. The molecule has 1 aromatic heterocycles. The molecule has 0 saturated carbocycles. The van der Waals surface area contributed by atoms with Crippen molar-refractivity contribution in [2.75, 3.05) is 18.4 Å². The Bertz CT molecular complexity index is 493. The molecule has 0 bridgehead atoms. The van der Waals surface area contributed by atoms with Gasteiger partial charge in [0.1, 0.15) is 0 Å². The Morgan fingerprint density at radius 3 is 2.62 bits per heavy atom. The monoisotopic (exact) mass is 326 g/mol. The summed E-state index contributed by atoms with van der Waals surface area (Å²) in [4.78, 5) is 17.3. The largest absolute Gasteiger partial charge is 0.490 e. The van der Waals surface area contributed by atoms with Crippen LogP contribution >= 0.6 is 11.6 Å². The van der Waals surface area contributed by atoms with E-state index in [4.69, 9.17) is 21.5 Å². The smallest absolute Gasteiger partial charge is 0.475 e. The lowest BCUT2D eigenvalue weighted by atomic mass is 10.3. The topological polar surface area (TPSA) is 87.1 Å². The molecule has 10 heteroatoms. The molecule has 1 aromatic rings. The first-order chi connectivity index (χ1) is 9.70. The lowest BCUT2D eigenvalue weighted by molar-refractivity contribution is -0.192. The van der Waals surface area contributed by atoms with E-state index in [0.717, 1.165) is 25.2 Å². The van der Waals surface area contributed by atoms with E-state index in [-0.39, 0.29) is 0 Å². The summed E-state index contributed by atoms with van der Waals surface area (Å²) >= 11 is 5.83. The Morgan fingerprint density at radius 1 is 1.57 bits per heavy atom. The first kappa shape index (κ1) is 17.4. The fraction of sp³-hybridized carbons (Fsp3) is 0.545. The molecule has 2 heterocycles. The molecule has 1 aliphatic heterocycles. The maximum Gasteiger partial charge on any atom is 0.490 e. The highest BCUT2D eigenvalue weighted by Crippen LogP contribution is 2.14. The van der Waals surface area contributed by atoms with Gasteiger partial charge in [0.05, 0.1) is 16.9 Å². The molecule has 118 valence electrons. The minimum Gasteiger partial charge on any atom is -0.475 e. The van der Waals surface area contributed by atoms with Gasteiger partial charge in [0, 0.05) is 12.6 Å². The number of hydrogen-bond donors (Lipinski definition) is 3. The molecule has 0 aromatic carbocycles. The van der Waals surface area contributed by atoms with Crippen LogP contribution in [0.5, 0.6) is 0 Å². The minimum absolute atomic E-state index is 0.440. The fourth-order valence-electron chi connectivity index (χ4n) is 1.48. The standard InChI is InChI=1S/C9H13ClN4.C2HF3O2/c1-6-8(10)5-12-9(13-6)14-7-2-3-11-4-7;3-2(4,5)1(6)7/h5,7,11H,2-4H2,1H3,(H,12,13,14);(H,6,7). The van der Waals surface area contributed by atoms with E-state index in [9.17, 15) is 13.2 Å². The van der Waals surface area contributed by atoms with Gasteiger partial charge in [0.15, 0.2) is 0 Å². The molecule has 1 saturated heterocycles. The number of aryl methyl sites for hydroxylation is 1. The van der Waals surface area contributed by atoms with Crippen LogP contribution in [0.15, 0.2) is 6.20 Å². The van der Waals surface area contributed by atoms with E-state index in [1.54, 1.807) is 6.20 Å². The third-order valence-electron chi connectivity index (χ3n) is 2.56. The molecule has 0 amide bonds. The number of aliphatic carboxylic acids is 1. The van der Waals surface area contributed by atoms with Gasteiger partial charge in [-0.3, -0.25) is 0 Å². The van der Waals surface area contributed by atoms with Gasteiger partial charge in [0.25, 0.3) is 0 Å². The quantitative estimate of drug-likeness (QED) is 0.769. The van der Waals surface area contributed by atoms with Crippen molar-refractivity contribution in [3.05, 3.63) is 16.9 Å². The van der Waals surface area contributed by atoms with Crippen molar-refractivity contribution >= 4 is 23.5 Å². The van der Waals surface area contributed by atoms with Gasteiger partial charge in [-0.15, -0.1) is 0 Å². The van der Waals surface area contributed by atoms with Crippen molar-refractivity contribution in [2.45, 2.75) is 25.6 Å². The maximum absolute atomic E-state index is 10.6. The third kappa shape index (κ3) is 6.13. The van der Waals surface area contributed by atoms with E-state index >= 15 is 0 Å². The zero-order valence-electron chi connectivity index (χ0n) is 11.0. The zero-order chi connectivity index (χ0) is 16.0. The molecule has 21 heavy (non-hydrogen) atoms. The predicted octanol–water partition coefficient (Wildman–Crippen LogP) is 1.85.